The molecule has 1 saturated heterocycles. The van der Waals surface area contributed by atoms with E-state index in [1.165, 1.54) is 16.4 Å². The number of carbonyl (C=O) groups excluding carboxylic acids is 1. The third-order valence-electron chi connectivity index (χ3n) is 4.21. The van der Waals surface area contributed by atoms with Crippen LogP contribution >= 0.6 is 15.9 Å². The monoisotopic (exact) mass is 453 g/mol. The standard InChI is InChI=1S/C17H16BrN3O5S/c18-14-6-3-12(4-7-14)17(22)13-5-8-16(21(23)24)15(11-13)19-27(25,26)20-9-1-2-10-20/h3-8,11,19H,1-2,9-10H2. The number of ketones is 1. The molecule has 0 aromatic heterocycles. The molecule has 2 aromatic rings. The first-order valence-electron chi connectivity index (χ1n) is 8.14. The first kappa shape index (κ1) is 19.5. The molecule has 0 aliphatic carbocycles. The Morgan fingerprint density at radius 3 is 2.26 bits per heavy atom. The summed E-state index contributed by atoms with van der Waals surface area (Å²) < 4.78 is 29.2. The molecule has 0 amide bonds. The van der Waals surface area contributed by atoms with E-state index in [0.29, 0.717) is 18.7 Å². The molecule has 1 aliphatic heterocycles. The van der Waals surface area contributed by atoms with Gasteiger partial charge in [-0.15, -0.1) is 0 Å². The Morgan fingerprint density at radius 1 is 1.07 bits per heavy atom. The molecule has 3 rings (SSSR count). The van der Waals surface area contributed by atoms with E-state index in [-0.39, 0.29) is 17.0 Å². The minimum absolute atomic E-state index is 0.155. The zero-order valence-corrected chi connectivity index (χ0v) is 16.5. The number of nitrogens with one attached hydrogen (secondary N) is 1. The third-order valence-corrected chi connectivity index (χ3v) is 6.26. The summed E-state index contributed by atoms with van der Waals surface area (Å²) in [5, 5.41) is 11.3. The van der Waals surface area contributed by atoms with E-state index in [1.54, 1.807) is 24.3 Å². The average Bonchev–Trinajstić information content (AvgIpc) is 3.17. The molecule has 0 saturated carbocycles. The van der Waals surface area contributed by atoms with Crippen LogP contribution in [-0.2, 0) is 10.2 Å². The number of nitro benzene ring substituents is 1. The van der Waals surface area contributed by atoms with Crippen LogP contribution in [0.3, 0.4) is 0 Å². The summed E-state index contributed by atoms with van der Waals surface area (Å²) >= 11 is 3.29. The molecule has 1 fully saturated rings. The lowest BCUT2D eigenvalue weighted by atomic mass is 10.0. The number of nitrogens with zero attached hydrogens (tertiary/aromatic N) is 2. The fourth-order valence-electron chi connectivity index (χ4n) is 2.82. The fraction of sp³-hybridized carbons (Fsp3) is 0.235. The topological polar surface area (TPSA) is 110 Å². The molecular weight excluding hydrogens is 438 g/mol. The molecule has 1 N–H and O–H groups in total. The largest absolute Gasteiger partial charge is 0.301 e. The minimum Gasteiger partial charge on any atom is -0.289 e. The van der Waals surface area contributed by atoms with Gasteiger partial charge in [0.2, 0.25) is 0 Å². The number of rotatable bonds is 6. The molecule has 0 spiro atoms. The van der Waals surface area contributed by atoms with E-state index in [2.05, 4.69) is 20.7 Å². The Bertz CT molecular complexity index is 986. The highest BCUT2D eigenvalue weighted by atomic mass is 79.9. The quantitative estimate of drug-likeness (QED) is 0.409. The molecule has 142 valence electrons. The second-order valence-electron chi connectivity index (χ2n) is 6.04. The van der Waals surface area contributed by atoms with Crippen molar-refractivity contribution in [2.24, 2.45) is 0 Å². The summed E-state index contributed by atoms with van der Waals surface area (Å²) in [4.78, 5) is 23.2. The zero-order chi connectivity index (χ0) is 19.6. The number of carbonyl (C=O) groups is 1. The Balaban J connectivity index is 1.96. The highest BCUT2D eigenvalue weighted by Crippen LogP contribution is 2.29. The maximum atomic E-state index is 12.6. The van der Waals surface area contributed by atoms with Gasteiger partial charge in [-0.25, -0.2) is 0 Å². The van der Waals surface area contributed by atoms with E-state index in [1.807, 2.05) is 0 Å². The third kappa shape index (κ3) is 4.34. The van der Waals surface area contributed by atoms with Gasteiger partial charge in [-0.1, -0.05) is 15.9 Å². The van der Waals surface area contributed by atoms with Gasteiger partial charge in [-0.05, 0) is 49.2 Å². The van der Waals surface area contributed by atoms with Gasteiger partial charge in [0.15, 0.2) is 5.78 Å². The lowest BCUT2D eigenvalue weighted by Crippen LogP contribution is -2.33. The van der Waals surface area contributed by atoms with Crippen molar-refractivity contribution in [3.63, 3.8) is 0 Å². The Morgan fingerprint density at radius 2 is 1.67 bits per heavy atom. The van der Waals surface area contributed by atoms with E-state index < -0.39 is 20.8 Å². The maximum absolute atomic E-state index is 12.6. The number of halogens is 1. The van der Waals surface area contributed by atoms with Crippen LogP contribution in [0.5, 0.6) is 0 Å². The molecule has 0 radical (unpaired) electrons. The van der Waals surface area contributed by atoms with Crippen LogP contribution in [0.4, 0.5) is 11.4 Å². The summed E-state index contributed by atoms with van der Waals surface area (Å²) in [6.45, 7) is 0.724. The fourth-order valence-corrected chi connectivity index (χ4v) is 4.39. The predicted octanol–water partition coefficient (Wildman–Crippen LogP) is 3.34. The molecule has 1 heterocycles. The normalized spacial score (nSPS) is 14.9. The average molecular weight is 454 g/mol. The van der Waals surface area contributed by atoms with E-state index in [4.69, 9.17) is 0 Å². The van der Waals surface area contributed by atoms with Crippen LogP contribution < -0.4 is 4.72 Å². The van der Waals surface area contributed by atoms with Crippen molar-refractivity contribution in [1.29, 1.82) is 0 Å². The van der Waals surface area contributed by atoms with Gasteiger partial charge in [-0.2, -0.15) is 12.7 Å². The number of hydrogen-bond donors (Lipinski definition) is 1. The molecular formula is C17H16BrN3O5S. The minimum atomic E-state index is -3.92. The van der Waals surface area contributed by atoms with Gasteiger partial charge in [0.25, 0.3) is 5.69 Å². The van der Waals surface area contributed by atoms with Crippen LogP contribution in [0.25, 0.3) is 0 Å². The number of benzene rings is 2. The van der Waals surface area contributed by atoms with Crippen molar-refractivity contribution in [3.8, 4) is 0 Å². The molecule has 0 unspecified atom stereocenters. The van der Waals surface area contributed by atoms with Gasteiger partial charge in [0.1, 0.15) is 5.69 Å². The van der Waals surface area contributed by atoms with Crippen LogP contribution in [0.1, 0.15) is 28.8 Å². The van der Waals surface area contributed by atoms with Crippen molar-refractivity contribution in [2.45, 2.75) is 12.8 Å². The lowest BCUT2D eigenvalue weighted by Gasteiger charge is -2.17. The maximum Gasteiger partial charge on any atom is 0.301 e. The molecule has 2 aromatic carbocycles. The molecule has 10 heteroatoms. The van der Waals surface area contributed by atoms with E-state index >= 15 is 0 Å². The molecule has 27 heavy (non-hydrogen) atoms. The number of hydrogen-bond acceptors (Lipinski definition) is 5. The first-order valence-corrected chi connectivity index (χ1v) is 10.4. The van der Waals surface area contributed by atoms with Crippen LogP contribution in [0.15, 0.2) is 46.9 Å². The van der Waals surface area contributed by atoms with Gasteiger partial charge in [0, 0.05) is 34.8 Å². The SMILES string of the molecule is O=C(c1ccc(Br)cc1)c1ccc([N+](=O)[O-])c(NS(=O)(=O)N2CCCC2)c1. The molecule has 1 aliphatic rings. The lowest BCUT2D eigenvalue weighted by molar-refractivity contribution is -0.383. The predicted molar refractivity (Wildman–Crippen MR) is 104 cm³/mol. The number of nitro groups is 1. The van der Waals surface area contributed by atoms with Crippen LogP contribution in [-0.4, -0.2) is 36.5 Å². The van der Waals surface area contributed by atoms with E-state index in [0.717, 1.165) is 23.4 Å². The van der Waals surface area contributed by atoms with Crippen molar-refractivity contribution in [3.05, 3.63) is 68.2 Å². The van der Waals surface area contributed by atoms with Crippen LogP contribution in [0, 0.1) is 10.1 Å². The van der Waals surface area contributed by atoms with Crippen LogP contribution in [0.2, 0.25) is 0 Å². The Kier molecular flexibility index (Phi) is 5.59. The highest BCUT2D eigenvalue weighted by Gasteiger charge is 2.28. The summed E-state index contributed by atoms with van der Waals surface area (Å²) in [7, 11) is -3.92. The van der Waals surface area contributed by atoms with Gasteiger partial charge in [-0.3, -0.25) is 19.6 Å². The molecule has 0 atom stereocenters. The second kappa shape index (κ2) is 7.75. The summed E-state index contributed by atoms with van der Waals surface area (Å²) in [5.74, 6) is -0.362. The highest BCUT2D eigenvalue weighted by molar-refractivity contribution is 9.10. The van der Waals surface area contributed by atoms with Crippen molar-refractivity contribution in [2.75, 3.05) is 17.8 Å². The Labute approximate surface area is 164 Å². The van der Waals surface area contributed by atoms with Gasteiger partial charge in [0.05, 0.1) is 4.92 Å². The molecule has 0 bridgehead atoms. The Hall–Kier alpha value is -2.30. The summed E-state index contributed by atoms with van der Waals surface area (Å²) in [6.07, 6.45) is 1.48. The summed E-state index contributed by atoms with van der Waals surface area (Å²) in [6, 6.07) is 10.3. The molecule has 8 nitrogen and oxygen atoms in total. The second-order valence-corrected chi connectivity index (χ2v) is 8.62. The van der Waals surface area contributed by atoms with Crippen molar-refractivity contribution >= 4 is 43.3 Å². The van der Waals surface area contributed by atoms with Crippen molar-refractivity contribution in [1.82, 2.24) is 4.31 Å². The van der Waals surface area contributed by atoms with Gasteiger partial charge < -0.3 is 0 Å². The number of anilines is 1. The zero-order valence-electron chi connectivity index (χ0n) is 14.1. The van der Waals surface area contributed by atoms with Gasteiger partial charge >= 0.3 is 10.2 Å². The van der Waals surface area contributed by atoms with E-state index in [9.17, 15) is 23.3 Å². The first-order chi connectivity index (χ1) is 12.8. The van der Waals surface area contributed by atoms with Crippen molar-refractivity contribution < 1.29 is 18.1 Å². The summed E-state index contributed by atoms with van der Waals surface area (Å²) in [5.41, 5.74) is -0.0950. The smallest absolute Gasteiger partial charge is 0.289 e.